The Balaban J connectivity index is 1.29. The number of benzene rings is 2. The van der Waals surface area contributed by atoms with E-state index in [0.717, 1.165) is 25.9 Å². The number of hydrogen-bond donors (Lipinski definition) is 2. The number of phenols is 1. The second-order valence-corrected chi connectivity index (χ2v) is 14.3. The van der Waals surface area contributed by atoms with Gasteiger partial charge in [0.25, 0.3) is 5.92 Å². The Hall–Kier alpha value is -4.16. The average Bonchev–Trinajstić information content (AvgIpc) is 3.28. The van der Waals surface area contributed by atoms with Crippen LogP contribution in [0.4, 0.5) is 19.0 Å². The molecule has 9 rings (SSSR count). The quantitative estimate of drug-likeness (QED) is 0.237. The number of likely N-dealkylation sites (tertiary alicyclic amines) is 1. The van der Waals surface area contributed by atoms with Crippen molar-refractivity contribution >= 4 is 33.0 Å². The lowest BCUT2D eigenvalue weighted by Crippen LogP contribution is -2.46. The van der Waals surface area contributed by atoms with Gasteiger partial charge in [0.15, 0.2) is 0 Å². The zero-order valence-electron chi connectivity index (χ0n) is 26.2. The van der Waals surface area contributed by atoms with E-state index in [9.17, 15) is 19.0 Å². The highest BCUT2D eigenvalue weighted by Crippen LogP contribution is 2.61. The summed E-state index contributed by atoms with van der Waals surface area (Å²) < 4.78 is 53.5. The van der Waals surface area contributed by atoms with Gasteiger partial charge in [0.1, 0.15) is 24.0 Å². The number of pyridine rings is 1. The normalized spacial score (nSPS) is 26.5. The van der Waals surface area contributed by atoms with Crippen molar-refractivity contribution < 1.29 is 28.1 Å². The summed E-state index contributed by atoms with van der Waals surface area (Å²) >= 11 is 0. The first-order chi connectivity index (χ1) is 22.5. The van der Waals surface area contributed by atoms with Gasteiger partial charge in [-0.1, -0.05) is 13.0 Å². The van der Waals surface area contributed by atoms with Crippen molar-refractivity contribution in [3.8, 4) is 23.0 Å². The minimum atomic E-state index is -2.84. The van der Waals surface area contributed by atoms with Crippen LogP contribution in [0.15, 0.2) is 36.5 Å². The number of ether oxygens (including phenoxy) is 1. The molecule has 3 fully saturated rings. The molecule has 0 amide bonds. The Labute approximate surface area is 268 Å². The fraction of sp³-hybridized carbons (Fsp3) is 0.457. The minimum absolute atomic E-state index is 0.0340. The Bertz CT molecular complexity index is 2130. The van der Waals surface area contributed by atoms with Crippen LogP contribution in [0.1, 0.15) is 56.6 Å². The summed E-state index contributed by atoms with van der Waals surface area (Å²) in [4.78, 5) is 13.8. The van der Waals surface area contributed by atoms with E-state index in [4.69, 9.17) is 19.8 Å². The van der Waals surface area contributed by atoms with Gasteiger partial charge in [-0.15, -0.1) is 0 Å². The van der Waals surface area contributed by atoms with Crippen molar-refractivity contribution in [3.63, 3.8) is 0 Å². The van der Waals surface area contributed by atoms with Crippen LogP contribution < -0.4 is 9.64 Å². The van der Waals surface area contributed by atoms with Gasteiger partial charge < -0.3 is 24.7 Å². The third-order valence-electron chi connectivity index (χ3n) is 10.8. The molecule has 12 heteroatoms. The van der Waals surface area contributed by atoms with Gasteiger partial charge in [-0.25, -0.2) is 17.7 Å². The number of phenolic OH excluding ortho intramolecular Hbond substituents is 1. The molecule has 0 radical (unpaired) electrons. The van der Waals surface area contributed by atoms with Crippen molar-refractivity contribution in [1.29, 1.82) is 0 Å². The van der Waals surface area contributed by atoms with E-state index in [-0.39, 0.29) is 37.1 Å². The molecule has 5 heterocycles. The number of halogens is 3. The molecule has 2 aliphatic heterocycles. The largest absolute Gasteiger partial charge is 0.508 e. The molecule has 244 valence electrons. The molecule has 0 spiro atoms. The minimum Gasteiger partial charge on any atom is -0.508 e. The number of piperidine rings is 1. The summed E-state index contributed by atoms with van der Waals surface area (Å²) in [6.45, 7) is 6.23. The number of aromatic nitrogens is 4. The first kappa shape index (κ1) is 29.0. The number of nitrogens with zero attached hydrogens (tertiary/aromatic N) is 6. The predicted molar refractivity (Wildman–Crippen MR) is 171 cm³/mol. The molecule has 3 unspecified atom stereocenters. The van der Waals surface area contributed by atoms with Crippen LogP contribution in [-0.4, -0.2) is 85.5 Å². The number of aliphatic hydroxyl groups is 1. The second-order valence-electron chi connectivity index (χ2n) is 14.3. The SMILES string of the molecule is CC1c2c(n3nccc3c3c(N4CCCC(C)(O)C4)nc(OCC4(CN5CCC5)CC4(F)F)nc23)-c2cc(O)cc3ccc(F)c1c23. The topological polar surface area (TPSA) is 99.2 Å². The molecular weight excluding hydrogens is 609 g/mol. The summed E-state index contributed by atoms with van der Waals surface area (Å²) in [6, 6.07) is 8.14. The molecular formula is C35H35F3N6O3. The third kappa shape index (κ3) is 4.26. The Kier molecular flexibility index (Phi) is 5.99. The number of anilines is 1. The summed E-state index contributed by atoms with van der Waals surface area (Å²) in [5, 5.41) is 28.6. The van der Waals surface area contributed by atoms with Crippen molar-refractivity contribution in [2.24, 2.45) is 5.41 Å². The van der Waals surface area contributed by atoms with Crippen LogP contribution in [0.25, 0.3) is 38.4 Å². The lowest BCUT2D eigenvalue weighted by Gasteiger charge is -2.38. The lowest BCUT2D eigenvalue weighted by atomic mass is 9.78. The van der Waals surface area contributed by atoms with E-state index in [2.05, 4.69) is 0 Å². The third-order valence-corrected chi connectivity index (χ3v) is 10.8. The van der Waals surface area contributed by atoms with E-state index in [1.165, 1.54) is 6.07 Å². The Morgan fingerprint density at radius 1 is 1.04 bits per heavy atom. The Morgan fingerprint density at radius 2 is 1.85 bits per heavy atom. The number of rotatable bonds is 6. The standard InChI is InChI=1S/C35H35F3N6O3/c1-19-25-23(36)6-5-20-13-21(45)14-22(27(20)25)30-26(19)29-28(24-7-9-39-44(24)30)31(43-12-3-8-33(2,46)16-43)41-32(40-29)47-18-34(15-35(34,37)38)17-42-10-4-11-42/h5-7,9,13-14,19,45-46H,3-4,8,10-12,15-18H2,1-2H3. The molecule has 2 aromatic carbocycles. The number of aromatic hydroxyl groups is 1. The molecule has 3 atom stereocenters. The van der Waals surface area contributed by atoms with Gasteiger partial charge in [0, 0.05) is 48.7 Å². The van der Waals surface area contributed by atoms with Gasteiger partial charge in [-0.05, 0) is 74.3 Å². The highest BCUT2D eigenvalue weighted by molar-refractivity contribution is 6.11. The monoisotopic (exact) mass is 644 g/mol. The number of hydrogen-bond acceptors (Lipinski definition) is 8. The fourth-order valence-electron chi connectivity index (χ4n) is 8.25. The molecule has 47 heavy (non-hydrogen) atoms. The molecule has 2 aliphatic carbocycles. The van der Waals surface area contributed by atoms with Crippen LogP contribution in [0.2, 0.25) is 0 Å². The summed E-state index contributed by atoms with van der Waals surface area (Å²) in [5.74, 6) is -3.17. The van der Waals surface area contributed by atoms with E-state index >= 15 is 4.39 Å². The molecule has 9 nitrogen and oxygen atoms in total. The highest BCUT2D eigenvalue weighted by atomic mass is 19.3. The van der Waals surface area contributed by atoms with Gasteiger partial charge in [-0.2, -0.15) is 15.1 Å². The van der Waals surface area contributed by atoms with Crippen LogP contribution >= 0.6 is 0 Å². The molecule has 5 aromatic rings. The summed E-state index contributed by atoms with van der Waals surface area (Å²) in [7, 11) is 0. The molecule has 2 saturated heterocycles. The second kappa shape index (κ2) is 9.70. The van der Waals surface area contributed by atoms with E-state index in [1.807, 2.05) is 22.8 Å². The highest BCUT2D eigenvalue weighted by Gasteiger charge is 2.72. The summed E-state index contributed by atoms with van der Waals surface area (Å²) in [6.07, 6.45) is 3.77. The van der Waals surface area contributed by atoms with Crippen LogP contribution in [0.3, 0.4) is 0 Å². The molecule has 1 saturated carbocycles. The molecule has 3 aromatic heterocycles. The van der Waals surface area contributed by atoms with Crippen molar-refractivity contribution in [2.45, 2.75) is 57.0 Å². The van der Waals surface area contributed by atoms with Crippen LogP contribution in [0.5, 0.6) is 11.8 Å². The fourth-order valence-corrected chi connectivity index (χ4v) is 8.25. The maximum atomic E-state index is 15.8. The van der Waals surface area contributed by atoms with Crippen molar-refractivity contribution in [3.05, 3.63) is 53.5 Å². The Morgan fingerprint density at radius 3 is 2.57 bits per heavy atom. The van der Waals surface area contributed by atoms with Gasteiger partial charge in [0.2, 0.25) is 0 Å². The number of β-amino-alcohol motifs (C(OH)–C–C–N with tert-alkyl or cyclic N) is 1. The molecule has 0 bridgehead atoms. The first-order valence-corrected chi connectivity index (χ1v) is 16.3. The molecule has 2 N–H and O–H groups in total. The smallest absolute Gasteiger partial charge is 0.318 e. The van der Waals surface area contributed by atoms with Gasteiger partial charge in [-0.3, -0.25) is 0 Å². The van der Waals surface area contributed by atoms with Crippen molar-refractivity contribution in [1.82, 2.24) is 24.5 Å². The first-order valence-electron chi connectivity index (χ1n) is 16.3. The van der Waals surface area contributed by atoms with E-state index in [0.29, 0.717) is 74.9 Å². The summed E-state index contributed by atoms with van der Waals surface area (Å²) in [5.41, 5.74) is 1.34. The zero-order chi connectivity index (χ0) is 32.5. The predicted octanol–water partition coefficient (Wildman–Crippen LogP) is 5.87. The van der Waals surface area contributed by atoms with Gasteiger partial charge >= 0.3 is 6.01 Å². The maximum absolute atomic E-state index is 15.8. The van der Waals surface area contributed by atoms with Crippen LogP contribution in [0, 0.1) is 11.2 Å². The maximum Gasteiger partial charge on any atom is 0.318 e. The van der Waals surface area contributed by atoms with E-state index < -0.39 is 22.9 Å². The van der Waals surface area contributed by atoms with Gasteiger partial charge in [0.05, 0.1) is 39.3 Å². The number of fused-ring (bicyclic) bond motifs is 7. The van der Waals surface area contributed by atoms with Crippen molar-refractivity contribution in [2.75, 3.05) is 44.2 Å². The van der Waals surface area contributed by atoms with Crippen LogP contribution in [-0.2, 0) is 0 Å². The zero-order valence-corrected chi connectivity index (χ0v) is 26.2. The number of alkyl halides is 2. The average molecular weight is 645 g/mol. The lowest BCUT2D eigenvalue weighted by molar-refractivity contribution is 0.0109. The van der Waals surface area contributed by atoms with E-state index in [1.54, 1.807) is 35.8 Å². The molecule has 4 aliphatic rings.